The van der Waals surface area contributed by atoms with Crippen molar-refractivity contribution in [2.75, 3.05) is 28.4 Å². The second-order valence-electron chi connectivity index (χ2n) is 10.1. The van der Waals surface area contributed by atoms with Crippen LogP contribution < -0.4 is 28.4 Å². The average Bonchev–Trinajstić information content (AvgIpc) is 3.12. The smallest absolute Gasteiger partial charge is 0.162 e. The van der Waals surface area contributed by atoms with Gasteiger partial charge in [-0.25, -0.2) is 9.97 Å². The van der Waals surface area contributed by atoms with Crippen LogP contribution in [0.1, 0.15) is 33.6 Å². The molecule has 0 fully saturated rings. The second kappa shape index (κ2) is 15.8. The Morgan fingerprint density at radius 2 is 0.891 bits per heavy atom. The van der Waals surface area contributed by atoms with Gasteiger partial charge in [-0.2, -0.15) is 0 Å². The highest BCUT2D eigenvalue weighted by Gasteiger charge is 2.08. The fraction of sp³-hybridized carbons (Fsp3) is 0.158. The van der Waals surface area contributed by atoms with Crippen molar-refractivity contribution in [3.8, 4) is 34.5 Å². The van der Waals surface area contributed by atoms with Crippen LogP contribution in [0.3, 0.4) is 0 Å². The maximum Gasteiger partial charge on any atom is 0.162 e. The Morgan fingerprint density at radius 1 is 0.457 bits per heavy atom. The monoisotopic (exact) mass is 616 g/mol. The molecule has 0 saturated carbocycles. The molecule has 1 aromatic heterocycles. The molecule has 1 heterocycles. The van der Waals surface area contributed by atoms with Gasteiger partial charge in [0, 0.05) is 0 Å². The standard InChI is InChI=1S/C38H36N2O6/c1-41-33-15-7-29(8-16-33)24-45-37-21-27(11-19-35(37)43-3)5-13-31-23-32(40-26-39-31)14-6-28-12-20-36(44-4)38(22-28)46-25-30-9-17-34(42-2)18-10-30/h5-23,26H,24-25H2,1-4H3. The molecule has 0 N–H and O–H groups in total. The molecule has 0 amide bonds. The van der Waals surface area contributed by atoms with E-state index in [4.69, 9.17) is 28.4 Å². The SMILES string of the molecule is COc1ccc(COc2cc(C=Cc3cc(C=Cc4ccc(OC)c(OCc5ccc(OC)cc5)c4)ncn3)ccc2OC)cc1. The Labute approximate surface area is 269 Å². The molecule has 0 aliphatic rings. The van der Waals surface area contributed by atoms with Crippen molar-refractivity contribution in [2.24, 2.45) is 0 Å². The number of benzene rings is 4. The van der Waals surface area contributed by atoms with Crippen molar-refractivity contribution in [1.29, 1.82) is 0 Å². The molecular weight excluding hydrogens is 580 g/mol. The van der Waals surface area contributed by atoms with Gasteiger partial charge in [-0.1, -0.05) is 48.6 Å². The summed E-state index contributed by atoms with van der Waals surface area (Å²) in [5.41, 5.74) is 5.48. The number of ether oxygens (including phenoxy) is 6. The minimum absolute atomic E-state index is 0.402. The van der Waals surface area contributed by atoms with Gasteiger partial charge in [-0.05, 0) is 89.0 Å². The van der Waals surface area contributed by atoms with Crippen molar-refractivity contribution in [2.45, 2.75) is 13.2 Å². The summed E-state index contributed by atoms with van der Waals surface area (Å²) >= 11 is 0. The zero-order valence-electron chi connectivity index (χ0n) is 26.3. The molecule has 0 aliphatic heterocycles. The Morgan fingerprint density at radius 3 is 1.28 bits per heavy atom. The van der Waals surface area contributed by atoms with Crippen molar-refractivity contribution in [3.05, 3.63) is 131 Å². The number of hydrogen-bond acceptors (Lipinski definition) is 8. The minimum Gasteiger partial charge on any atom is -0.497 e. The number of methoxy groups -OCH3 is 4. The summed E-state index contributed by atoms with van der Waals surface area (Å²) in [6.07, 6.45) is 9.38. The third-order valence-electron chi connectivity index (χ3n) is 7.08. The van der Waals surface area contributed by atoms with Crippen LogP contribution in [-0.4, -0.2) is 38.4 Å². The Hall–Kier alpha value is -5.76. The van der Waals surface area contributed by atoms with Gasteiger partial charge in [0.25, 0.3) is 0 Å². The van der Waals surface area contributed by atoms with Gasteiger partial charge in [0.1, 0.15) is 31.0 Å². The van der Waals surface area contributed by atoms with Crippen molar-refractivity contribution in [3.63, 3.8) is 0 Å². The second-order valence-corrected chi connectivity index (χ2v) is 10.1. The summed E-state index contributed by atoms with van der Waals surface area (Å²) < 4.78 is 33.7. The van der Waals surface area contributed by atoms with Crippen LogP contribution in [0.25, 0.3) is 24.3 Å². The van der Waals surface area contributed by atoms with Crippen molar-refractivity contribution in [1.82, 2.24) is 9.97 Å². The van der Waals surface area contributed by atoms with E-state index in [1.54, 1.807) is 34.8 Å². The summed E-state index contributed by atoms with van der Waals surface area (Å²) in [5.74, 6) is 4.23. The highest BCUT2D eigenvalue weighted by atomic mass is 16.5. The Kier molecular flexibility index (Phi) is 10.9. The van der Waals surface area contributed by atoms with E-state index < -0.39 is 0 Å². The third kappa shape index (κ3) is 8.66. The quantitative estimate of drug-likeness (QED) is 0.124. The van der Waals surface area contributed by atoms with Crippen LogP contribution in [0.4, 0.5) is 0 Å². The van der Waals surface area contributed by atoms with E-state index in [-0.39, 0.29) is 0 Å². The zero-order valence-corrected chi connectivity index (χ0v) is 26.3. The van der Waals surface area contributed by atoms with Gasteiger partial charge in [0.05, 0.1) is 39.8 Å². The fourth-order valence-corrected chi connectivity index (χ4v) is 4.52. The molecule has 5 aromatic rings. The topological polar surface area (TPSA) is 81.2 Å². The van der Waals surface area contributed by atoms with Gasteiger partial charge in [0.2, 0.25) is 0 Å². The molecule has 0 spiro atoms. The number of aromatic nitrogens is 2. The predicted molar refractivity (Wildman–Crippen MR) is 181 cm³/mol. The lowest BCUT2D eigenvalue weighted by molar-refractivity contribution is 0.284. The molecule has 5 rings (SSSR count). The van der Waals surface area contributed by atoms with Gasteiger partial charge in [-0.3, -0.25) is 0 Å². The molecule has 46 heavy (non-hydrogen) atoms. The maximum atomic E-state index is 6.09. The van der Waals surface area contributed by atoms with E-state index in [1.807, 2.05) is 115 Å². The minimum atomic E-state index is 0.402. The summed E-state index contributed by atoms with van der Waals surface area (Å²) in [7, 11) is 6.55. The van der Waals surface area contributed by atoms with Gasteiger partial charge in [-0.15, -0.1) is 0 Å². The highest BCUT2D eigenvalue weighted by molar-refractivity contribution is 5.73. The molecule has 0 radical (unpaired) electrons. The number of hydrogen-bond donors (Lipinski definition) is 0. The number of rotatable bonds is 14. The van der Waals surface area contributed by atoms with Crippen molar-refractivity contribution >= 4 is 24.3 Å². The fourth-order valence-electron chi connectivity index (χ4n) is 4.52. The van der Waals surface area contributed by atoms with Crippen LogP contribution in [0.15, 0.2) is 97.3 Å². The Balaban J connectivity index is 1.24. The zero-order chi connectivity index (χ0) is 32.1. The van der Waals surface area contributed by atoms with Gasteiger partial charge >= 0.3 is 0 Å². The molecule has 234 valence electrons. The van der Waals surface area contributed by atoms with E-state index >= 15 is 0 Å². The first-order valence-corrected chi connectivity index (χ1v) is 14.6. The van der Waals surface area contributed by atoms with E-state index in [0.717, 1.165) is 45.1 Å². The molecule has 0 atom stereocenters. The lowest BCUT2D eigenvalue weighted by atomic mass is 10.1. The van der Waals surface area contributed by atoms with Crippen LogP contribution in [-0.2, 0) is 13.2 Å². The van der Waals surface area contributed by atoms with Gasteiger partial charge in [0.15, 0.2) is 23.0 Å². The average molecular weight is 617 g/mol. The van der Waals surface area contributed by atoms with E-state index in [0.29, 0.717) is 36.2 Å². The first kappa shape index (κ1) is 31.7. The molecule has 0 unspecified atom stereocenters. The van der Waals surface area contributed by atoms with E-state index in [1.165, 1.54) is 0 Å². The molecule has 0 saturated heterocycles. The Bertz CT molecular complexity index is 1650. The van der Waals surface area contributed by atoms with E-state index in [9.17, 15) is 0 Å². The molecular formula is C38H36N2O6. The lowest BCUT2D eigenvalue weighted by Gasteiger charge is -2.12. The summed E-state index contributed by atoms with van der Waals surface area (Å²) in [6.45, 7) is 0.805. The van der Waals surface area contributed by atoms with Gasteiger partial charge < -0.3 is 28.4 Å². The first-order valence-electron chi connectivity index (χ1n) is 14.6. The molecule has 0 bridgehead atoms. The molecule has 4 aromatic carbocycles. The van der Waals surface area contributed by atoms with Crippen LogP contribution in [0.2, 0.25) is 0 Å². The summed E-state index contributed by atoms with van der Waals surface area (Å²) in [4.78, 5) is 8.83. The third-order valence-corrected chi connectivity index (χ3v) is 7.08. The normalized spacial score (nSPS) is 11.0. The van der Waals surface area contributed by atoms with Crippen LogP contribution >= 0.6 is 0 Å². The van der Waals surface area contributed by atoms with Crippen LogP contribution in [0, 0.1) is 0 Å². The predicted octanol–water partition coefficient (Wildman–Crippen LogP) is 8.01. The molecule has 8 heteroatoms. The van der Waals surface area contributed by atoms with Crippen LogP contribution in [0.5, 0.6) is 34.5 Å². The van der Waals surface area contributed by atoms with Crippen molar-refractivity contribution < 1.29 is 28.4 Å². The maximum absolute atomic E-state index is 6.09. The summed E-state index contributed by atoms with van der Waals surface area (Å²) in [6, 6.07) is 29.1. The lowest BCUT2D eigenvalue weighted by Crippen LogP contribution is -1.98. The molecule has 8 nitrogen and oxygen atoms in total. The largest absolute Gasteiger partial charge is 0.497 e. The number of nitrogens with zero attached hydrogens (tertiary/aromatic N) is 2. The molecule has 0 aliphatic carbocycles. The highest BCUT2D eigenvalue weighted by Crippen LogP contribution is 2.31. The van der Waals surface area contributed by atoms with E-state index in [2.05, 4.69) is 9.97 Å². The first-order chi connectivity index (χ1) is 22.6. The summed E-state index contributed by atoms with van der Waals surface area (Å²) in [5, 5.41) is 0.